The quantitative estimate of drug-likeness (QED) is 0.127. The van der Waals surface area contributed by atoms with Crippen molar-refractivity contribution in [1.82, 2.24) is 0 Å². The van der Waals surface area contributed by atoms with E-state index in [2.05, 4.69) is 118 Å². The Balaban J connectivity index is 6.96. The average molecular weight is 853 g/mol. The second-order valence-corrected chi connectivity index (χ2v) is 59.8. The van der Waals surface area contributed by atoms with Gasteiger partial charge in [0.1, 0.15) is 0 Å². The molecule has 0 aliphatic rings. The first-order chi connectivity index (χ1) is 17.0. The van der Waals surface area contributed by atoms with Crippen LogP contribution >= 0.6 is 0 Å². The van der Waals surface area contributed by atoms with Crippen molar-refractivity contribution in [3.8, 4) is 0 Å². The Morgan fingerprint density at radius 2 is 0.375 bits per heavy atom. The van der Waals surface area contributed by atoms with Crippen molar-refractivity contribution < 1.29 is 63.9 Å². The van der Waals surface area contributed by atoms with Gasteiger partial charge in [-0.15, -0.1) is 0 Å². The van der Waals surface area contributed by atoms with E-state index in [4.69, 9.17) is 26.6 Å². The summed E-state index contributed by atoms with van der Waals surface area (Å²) in [5, 5.41) is 0. The summed E-state index contributed by atoms with van der Waals surface area (Å²) < 4.78 is 61.3. The minimum atomic E-state index is -4.08. The molecule has 9 nitrogen and oxygen atoms in total. The summed E-state index contributed by atoms with van der Waals surface area (Å²) in [6.45, 7) is 44.8. The Bertz CT molecular complexity index is 646. The van der Waals surface area contributed by atoms with Gasteiger partial charge in [0.25, 0.3) is 0 Å². The van der Waals surface area contributed by atoms with Crippen LogP contribution in [0.3, 0.4) is 0 Å². The van der Waals surface area contributed by atoms with Crippen molar-refractivity contribution in [3.05, 3.63) is 0 Å². The third-order valence-electron chi connectivity index (χ3n) is 3.76. The third-order valence-corrected chi connectivity index (χ3v) is 44.2. The molecule has 0 aromatic heterocycles. The Morgan fingerprint density at radius 1 is 0.250 bits per heavy atom. The zero-order valence-corrected chi connectivity index (χ0v) is 41.8. The summed E-state index contributed by atoms with van der Waals surface area (Å²) in [6.07, 6.45) is 0. The molecule has 0 aliphatic heterocycles. The molecule has 0 rings (SSSR count). The first kappa shape index (κ1) is 43.0. The molecule has 0 aliphatic carbocycles. The number of hydrogen-bond donors (Lipinski definition) is 0. The molecule has 0 saturated carbocycles. The molecule has 19 heteroatoms. The van der Waals surface area contributed by atoms with Crippen LogP contribution in [0, 0.1) is 37.3 Å². The van der Waals surface area contributed by atoms with Crippen LogP contribution in [0.15, 0.2) is 0 Å². The van der Waals surface area contributed by atoms with Crippen molar-refractivity contribution >= 4 is 76.3 Å². The fourth-order valence-corrected chi connectivity index (χ4v) is 53.9. The summed E-state index contributed by atoms with van der Waals surface area (Å²) in [5.74, 6) is 0. The van der Waals surface area contributed by atoms with Crippen molar-refractivity contribution in [2.24, 2.45) is 0 Å². The molecule has 0 aromatic rings. The van der Waals surface area contributed by atoms with Gasteiger partial charge >= 0.3 is 278 Å². The van der Waals surface area contributed by atoms with E-state index in [-0.39, 0.29) is 0 Å². The fourth-order valence-electron chi connectivity index (χ4n) is 4.04. The average Bonchev–Trinajstić information content (AvgIpc) is 2.39. The van der Waals surface area contributed by atoms with Gasteiger partial charge in [0.15, 0.2) is 0 Å². The zero-order valence-electron chi connectivity index (χ0n) is 29.7. The Labute approximate surface area is 274 Å². The first-order valence-electron chi connectivity index (χ1n) is 14.2. The van der Waals surface area contributed by atoms with Crippen LogP contribution in [-0.2, 0) is 26.6 Å². The van der Waals surface area contributed by atoms with E-state index in [1.807, 2.05) is 19.6 Å². The van der Waals surface area contributed by atoms with Gasteiger partial charge in [-0.3, -0.25) is 0 Å². The Hall–Kier alpha value is 2.97. The molecular formula is C21H63CeO9Si9. The van der Waals surface area contributed by atoms with Crippen LogP contribution in [0.5, 0.6) is 0 Å². The van der Waals surface area contributed by atoms with Crippen LogP contribution in [0.4, 0.5) is 0 Å². The second kappa shape index (κ2) is 14.8. The summed E-state index contributed by atoms with van der Waals surface area (Å²) in [7, 11) is -21.8. The van der Waals surface area contributed by atoms with Crippen LogP contribution < -0.4 is 0 Å². The maximum absolute atomic E-state index is 6.98. The van der Waals surface area contributed by atoms with Crippen LogP contribution in [0.25, 0.3) is 0 Å². The first-order valence-corrected chi connectivity index (χ1v) is 45.1. The molecule has 241 valence electrons. The van der Waals surface area contributed by atoms with Crippen molar-refractivity contribution in [1.29, 1.82) is 0 Å². The molecule has 0 amide bonds. The summed E-state index contributed by atoms with van der Waals surface area (Å²) in [6, 6.07) is 0. The van der Waals surface area contributed by atoms with E-state index in [0.29, 0.717) is 0 Å². The fraction of sp³-hybridized carbons (Fsp3) is 1.00. The molecule has 0 fully saturated rings. The molecule has 40 heavy (non-hydrogen) atoms. The van der Waals surface area contributed by atoms with Crippen LogP contribution in [0.1, 0.15) is 0 Å². The standard InChI is InChI=1S/3C7H21O3Si3.Ce/c3*1-11(2,3)9-13(7,8)10-12(4,5)6;/h3*1-7H3;/q3*-1;+3. The van der Waals surface area contributed by atoms with Crippen molar-refractivity contribution in [3.63, 3.8) is 0 Å². The molecule has 0 saturated heterocycles. The summed E-state index contributed by atoms with van der Waals surface area (Å²) >= 11 is -4.08. The van der Waals surface area contributed by atoms with Crippen molar-refractivity contribution in [2.45, 2.75) is 137 Å². The van der Waals surface area contributed by atoms with Gasteiger partial charge in [0, 0.05) is 0 Å². The summed E-state index contributed by atoms with van der Waals surface area (Å²) in [4.78, 5) is 0. The van der Waals surface area contributed by atoms with Crippen LogP contribution in [0.2, 0.25) is 137 Å². The third kappa shape index (κ3) is 22.5. The molecule has 0 radical (unpaired) electrons. The van der Waals surface area contributed by atoms with Gasteiger partial charge in [0.2, 0.25) is 0 Å². The molecule has 0 atom stereocenters. The van der Waals surface area contributed by atoms with Gasteiger partial charge < -0.3 is 0 Å². The second-order valence-electron chi connectivity index (χ2n) is 16.4. The predicted octanol–water partition coefficient (Wildman–Crippen LogP) is 8.22. The van der Waals surface area contributed by atoms with Gasteiger partial charge in [-0.05, 0) is 0 Å². The van der Waals surface area contributed by atoms with E-state index >= 15 is 0 Å². The molecule has 0 N–H and O–H groups in total. The molecule has 0 aromatic carbocycles. The number of rotatable bonds is 18. The SMILES string of the molecule is C[Si](C)(C)O[Si](C)([O][Ce]([O][Si](C)(O[Si](C)(C)C)O[Si](C)(C)C)[O][Si](C)(O[Si](C)(C)C)O[Si](C)(C)C)O[Si](C)(C)C. The van der Waals surface area contributed by atoms with E-state index in [0.717, 1.165) is 0 Å². The minimum absolute atomic E-state index is 2.00. The monoisotopic (exact) mass is 851 g/mol. The van der Waals surface area contributed by atoms with Crippen molar-refractivity contribution in [2.75, 3.05) is 0 Å². The molecule has 0 bridgehead atoms. The molecule has 0 unspecified atom stereocenters. The normalized spacial score (nSPS) is 15.5. The van der Waals surface area contributed by atoms with Gasteiger partial charge in [-0.25, -0.2) is 0 Å². The van der Waals surface area contributed by atoms with Gasteiger partial charge in [-0.2, -0.15) is 0 Å². The van der Waals surface area contributed by atoms with Gasteiger partial charge in [0.05, 0.1) is 0 Å². The predicted molar refractivity (Wildman–Crippen MR) is 185 cm³/mol. The zero-order chi connectivity index (χ0) is 32.4. The van der Waals surface area contributed by atoms with E-state index in [1.54, 1.807) is 0 Å². The molecule has 0 heterocycles. The van der Waals surface area contributed by atoms with E-state index in [1.165, 1.54) is 0 Å². The number of hydrogen-bond acceptors (Lipinski definition) is 9. The van der Waals surface area contributed by atoms with Crippen LogP contribution in [-0.4, -0.2) is 76.3 Å². The van der Waals surface area contributed by atoms with E-state index in [9.17, 15) is 0 Å². The topological polar surface area (TPSA) is 83.1 Å². The van der Waals surface area contributed by atoms with E-state index < -0.39 is 114 Å². The maximum atomic E-state index is 6.98. The summed E-state index contributed by atoms with van der Waals surface area (Å²) in [5.41, 5.74) is 0. The Kier molecular flexibility index (Phi) is 15.9. The van der Waals surface area contributed by atoms with Gasteiger partial charge in [-0.1, -0.05) is 0 Å². The molecular weight excluding hydrogens is 789 g/mol. The Morgan fingerprint density at radius 3 is 0.475 bits per heavy atom. The molecule has 0 spiro atoms.